The molecule has 6 nitrogen and oxygen atoms in total. The number of hydrogen-bond acceptors (Lipinski definition) is 4. The van der Waals surface area contributed by atoms with E-state index in [-0.39, 0.29) is 5.91 Å². The Kier molecular flexibility index (Phi) is 3.19. The van der Waals surface area contributed by atoms with Crippen LogP contribution in [0.1, 0.15) is 29.4 Å². The van der Waals surface area contributed by atoms with Gasteiger partial charge in [-0.3, -0.25) is 4.79 Å². The molecule has 1 N–H and O–H groups in total. The zero-order chi connectivity index (χ0) is 11.5. The van der Waals surface area contributed by atoms with Gasteiger partial charge < -0.3 is 10.2 Å². The molecule has 0 radical (unpaired) electrons. The molecule has 0 spiro atoms. The fraction of sp³-hybridized carbons (Fsp3) is 0.700. The second-order valence-corrected chi connectivity index (χ2v) is 4.28. The van der Waals surface area contributed by atoms with Gasteiger partial charge in [-0.15, -0.1) is 5.10 Å². The number of hydrogen-bond donors (Lipinski definition) is 1. The van der Waals surface area contributed by atoms with Gasteiger partial charge in [0.05, 0.1) is 12.2 Å². The van der Waals surface area contributed by atoms with E-state index < -0.39 is 0 Å². The van der Waals surface area contributed by atoms with Crippen LogP contribution in [0, 0.1) is 0 Å². The van der Waals surface area contributed by atoms with Crippen LogP contribution in [-0.4, -0.2) is 53.0 Å². The van der Waals surface area contributed by atoms with Crippen molar-refractivity contribution in [2.75, 3.05) is 27.2 Å². The lowest BCUT2D eigenvalue weighted by Crippen LogP contribution is -2.31. The molecule has 1 fully saturated rings. The Balaban J connectivity index is 2.09. The molecule has 1 aliphatic rings. The van der Waals surface area contributed by atoms with Gasteiger partial charge in [-0.25, -0.2) is 4.68 Å². The molecule has 0 unspecified atom stereocenters. The number of carbonyl (C=O) groups is 1. The molecule has 0 aromatic carbocycles. The molecule has 2 rings (SSSR count). The normalized spacial score (nSPS) is 20.8. The molecule has 16 heavy (non-hydrogen) atoms. The highest BCUT2D eigenvalue weighted by atomic mass is 16.2. The first-order valence-corrected chi connectivity index (χ1v) is 5.52. The number of aromatic nitrogens is 3. The van der Waals surface area contributed by atoms with Crippen molar-refractivity contribution >= 4 is 5.91 Å². The molecule has 88 valence electrons. The Bertz CT molecular complexity index is 367. The summed E-state index contributed by atoms with van der Waals surface area (Å²) in [5.41, 5.74) is 0.413. The molecular weight excluding hydrogens is 206 g/mol. The molecule has 0 bridgehead atoms. The van der Waals surface area contributed by atoms with Crippen molar-refractivity contribution in [1.82, 2.24) is 25.2 Å². The van der Waals surface area contributed by atoms with Crippen molar-refractivity contribution in [3.63, 3.8) is 0 Å². The lowest BCUT2D eigenvalue weighted by atomic mass is 10.1. The third kappa shape index (κ3) is 2.21. The Morgan fingerprint density at radius 3 is 3.06 bits per heavy atom. The van der Waals surface area contributed by atoms with Gasteiger partial charge in [0.25, 0.3) is 5.91 Å². The van der Waals surface area contributed by atoms with Crippen LogP contribution in [0.5, 0.6) is 0 Å². The van der Waals surface area contributed by atoms with Gasteiger partial charge >= 0.3 is 0 Å². The van der Waals surface area contributed by atoms with E-state index in [1.165, 1.54) is 4.90 Å². The van der Waals surface area contributed by atoms with Crippen molar-refractivity contribution < 1.29 is 4.79 Å². The Hall–Kier alpha value is -1.43. The quantitative estimate of drug-likeness (QED) is 0.760. The summed E-state index contributed by atoms with van der Waals surface area (Å²) in [6.45, 7) is 1.97. The van der Waals surface area contributed by atoms with E-state index in [1.807, 2.05) is 0 Å². The molecule has 0 aliphatic carbocycles. The van der Waals surface area contributed by atoms with Gasteiger partial charge in [0.15, 0.2) is 5.69 Å². The molecule has 6 heteroatoms. The van der Waals surface area contributed by atoms with Crippen LogP contribution >= 0.6 is 0 Å². The molecular formula is C10H17N5O. The first-order valence-electron chi connectivity index (χ1n) is 5.52. The maximum Gasteiger partial charge on any atom is 0.275 e. The van der Waals surface area contributed by atoms with Crippen molar-refractivity contribution in [3.05, 3.63) is 11.9 Å². The molecule has 1 aliphatic heterocycles. The van der Waals surface area contributed by atoms with Gasteiger partial charge in [-0.05, 0) is 19.4 Å². The third-order valence-corrected chi connectivity index (χ3v) is 2.78. The third-order valence-electron chi connectivity index (χ3n) is 2.78. The van der Waals surface area contributed by atoms with Crippen LogP contribution in [-0.2, 0) is 0 Å². The van der Waals surface area contributed by atoms with E-state index in [1.54, 1.807) is 25.0 Å². The summed E-state index contributed by atoms with van der Waals surface area (Å²) >= 11 is 0. The Morgan fingerprint density at radius 1 is 1.62 bits per heavy atom. The van der Waals surface area contributed by atoms with E-state index in [0.717, 1.165) is 25.9 Å². The number of piperidine rings is 1. The number of rotatable bonds is 2. The molecule has 1 amide bonds. The maximum absolute atomic E-state index is 11.6. The second-order valence-electron chi connectivity index (χ2n) is 4.28. The lowest BCUT2D eigenvalue weighted by Gasteiger charge is -2.22. The van der Waals surface area contributed by atoms with Crippen LogP contribution in [0.25, 0.3) is 0 Å². The number of nitrogens with one attached hydrogen (secondary N) is 1. The van der Waals surface area contributed by atoms with E-state index in [4.69, 9.17) is 0 Å². The van der Waals surface area contributed by atoms with Crippen molar-refractivity contribution in [2.45, 2.75) is 18.9 Å². The highest BCUT2D eigenvalue weighted by Gasteiger charge is 2.19. The zero-order valence-corrected chi connectivity index (χ0v) is 9.68. The lowest BCUT2D eigenvalue weighted by molar-refractivity contribution is 0.0822. The predicted octanol–water partition coefficient (Wildman–Crippen LogP) is -0.0956. The Labute approximate surface area is 94.6 Å². The zero-order valence-electron chi connectivity index (χ0n) is 9.68. The van der Waals surface area contributed by atoms with Crippen LogP contribution in [0.15, 0.2) is 6.20 Å². The largest absolute Gasteiger partial charge is 0.343 e. The molecule has 1 saturated heterocycles. The SMILES string of the molecule is CN(C)C(=O)c1cn([C@H]2CCCNC2)nn1. The molecule has 2 heterocycles. The molecule has 0 saturated carbocycles. The van der Waals surface area contributed by atoms with Crippen LogP contribution in [0.4, 0.5) is 0 Å². The first kappa shape index (κ1) is 11.1. The van der Waals surface area contributed by atoms with Gasteiger partial charge in [0, 0.05) is 20.6 Å². The van der Waals surface area contributed by atoms with Crippen molar-refractivity contribution in [2.24, 2.45) is 0 Å². The van der Waals surface area contributed by atoms with Crippen LogP contribution in [0.3, 0.4) is 0 Å². The smallest absolute Gasteiger partial charge is 0.275 e. The minimum absolute atomic E-state index is 0.102. The van der Waals surface area contributed by atoms with Crippen molar-refractivity contribution in [3.8, 4) is 0 Å². The average molecular weight is 223 g/mol. The summed E-state index contributed by atoms with van der Waals surface area (Å²) in [4.78, 5) is 13.1. The average Bonchev–Trinajstić information content (AvgIpc) is 2.78. The summed E-state index contributed by atoms with van der Waals surface area (Å²) in [5, 5.41) is 11.2. The molecule has 1 aromatic rings. The fourth-order valence-corrected chi connectivity index (χ4v) is 1.84. The highest BCUT2D eigenvalue weighted by molar-refractivity contribution is 5.91. The van der Waals surface area contributed by atoms with E-state index in [2.05, 4.69) is 15.6 Å². The van der Waals surface area contributed by atoms with E-state index >= 15 is 0 Å². The fourth-order valence-electron chi connectivity index (χ4n) is 1.84. The molecule has 1 atom stereocenters. The number of nitrogens with zero attached hydrogens (tertiary/aromatic N) is 4. The minimum atomic E-state index is -0.102. The summed E-state index contributed by atoms with van der Waals surface area (Å²) in [5.74, 6) is -0.102. The maximum atomic E-state index is 11.6. The number of carbonyl (C=O) groups excluding carboxylic acids is 1. The topological polar surface area (TPSA) is 63.1 Å². The van der Waals surface area contributed by atoms with Gasteiger partial charge in [0.1, 0.15) is 0 Å². The summed E-state index contributed by atoms with van der Waals surface area (Å²) in [6.07, 6.45) is 3.97. The highest BCUT2D eigenvalue weighted by Crippen LogP contribution is 2.15. The predicted molar refractivity (Wildman–Crippen MR) is 59.2 cm³/mol. The minimum Gasteiger partial charge on any atom is -0.343 e. The first-order chi connectivity index (χ1) is 7.68. The van der Waals surface area contributed by atoms with Gasteiger partial charge in [-0.1, -0.05) is 5.21 Å². The monoisotopic (exact) mass is 223 g/mol. The summed E-state index contributed by atoms with van der Waals surface area (Å²) in [6, 6.07) is 0.324. The standard InChI is InChI=1S/C10H17N5O/c1-14(2)10(16)9-7-15(13-12-9)8-4-3-5-11-6-8/h7-8,11H,3-6H2,1-2H3/t8-/m0/s1. The number of amides is 1. The van der Waals surface area contributed by atoms with Gasteiger partial charge in [0.2, 0.25) is 0 Å². The van der Waals surface area contributed by atoms with Gasteiger partial charge in [-0.2, -0.15) is 0 Å². The summed E-state index contributed by atoms with van der Waals surface area (Å²) in [7, 11) is 3.42. The second kappa shape index (κ2) is 4.61. The Morgan fingerprint density at radius 2 is 2.44 bits per heavy atom. The van der Waals surface area contributed by atoms with E-state index in [9.17, 15) is 4.79 Å². The van der Waals surface area contributed by atoms with Crippen LogP contribution in [0.2, 0.25) is 0 Å². The van der Waals surface area contributed by atoms with Crippen molar-refractivity contribution in [1.29, 1.82) is 0 Å². The molecule has 1 aromatic heterocycles. The summed E-state index contributed by atoms with van der Waals surface area (Å²) < 4.78 is 1.79. The van der Waals surface area contributed by atoms with Crippen LogP contribution < -0.4 is 5.32 Å². The van der Waals surface area contributed by atoms with E-state index in [0.29, 0.717) is 11.7 Å².